The Balaban J connectivity index is 2.80. The van der Waals surface area contributed by atoms with Crippen LogP contribution in [0.4, 0.5) is 11.4 Å². The van der Waals surface area contributed by atoms with Crippen LogP contribution in [0.25, 0.3) is 0 Å². The van der Waals surface area contributed by atoms with E-state index in [0.717, 1.165) is 0 Å². The van der Waals surface area contributed by atoms with Crippen LogP contribution in [0.15, 0.2) is 24.3 Å². The number of benzene rings is 1. The molecule has 0 aliphatic heterocycles. The Morgan fingerprint density at radius 3 is 2.30 bits per heavy atom. The van der Waals surface area contributed by atoms with Gasteiger partial charge in [-0.25, -0.2) is 0 Å². The topological polar surface area (TPSA) is 84.2 Å². The zero-order chi connectivity index (χ0) is 15.2. The fourth-order valence-electron chi connectivity index (χ4n) is 1.60. The van der Waals surface area contributed by atoms with E-state index in [1.165, 1.54) is 0 Å². The summed E-state index contributed by atoms with van der Waals surface area (Å²) in [6.07, 6.45) is 1.08. The molecule has 5 heteroatoms. The Morgan fingerprint density at radius 1 is 1.20 bits per heavy atom. The van der Waals surface area contributed by atoms with Gasteiger partial charge in [0.05, 0.1) is 5.41 Å². The Bertz CT molecular complexity index is 482. The van der Waals surface area contributed by atoms with Crippen molar-refractivity contribution >= 4 is 23.2 Å². The molecule has 20 heavy (non-hydrogen) atoms. The van der Waals surface area contributed by atoms with E-state index in [-0.39, 0.29) is 11.8 Å². The minimum atomic E-state index is -0.581. The lowest BCUT2D eigenvalue weighted by Crippen LogP contribution is -2.39. The van der Waals surface area contributed by atoms with Crippen LogP contribution in [0.1, 0.15) is 33.6 Å². The average Bonchev–Trinajstić information content (AvgIpc) is 2.46. The summed E-state index contributed by atoms with van der Waals surface area (Å²) in [5.41, 5.74) is 6.40. The van der Waals surface area contributed by atoms with Crippen LogP contribution in [0.5, 0.6) is 0 Å². The highest BCUT2D eigenvalue weighted by Crippen LogP contribution is 2.23. The number of hydrogen-bond acceptors (Lipinski definition) is 3. The molecule has 4 N–H and O–H groups in total. The van der Waals surface area contributed by atoms with Crippen LogP contribution >= 0.6 is 0 Å². The fourth-order valence-corrected chi connectivity index (χ4v) is 1.60. The van der Waals surface area contributed by atoms with Crippen molar-refractivity contribution in [3.63, 3.8) is 0 Å². The molecule has 1 rings (SSSR count). The van der Waals surface area contributed by atoms with Crippen molar-refractivity contribution in [2.75, 3.05) is 17.2 Å². The lowest BCUT2D eigenvalue weighted by Gasteiger charge is -2.25. The van der Waals surface area contributed by atoms with Gasteiger partial charge in [-0.1, -0.05) is 19.9 Å². The van der Waals surface area contributed by atoms with Crippen LogP contribution in [-0.4, -0.2) is 18.4 Å². The summed E-state index contributed by atoms with van der Waals surface area (Å²) < 4.78 is 0. The lowest BCUT2D eigenvalue weighted by atomic mass is 9.86. The molecule has 0 aliphatic carbocycles. The molecule has 0 fully saturated rings. The fraction of sp³-hybridized carbons (Fsp3) is 0.467. The first-order chi connectivity index (χ1) is 9.45. The molecule has 1 aromatic rings. The molecule has 110 valence electrons. The average molecular weight is 277 g/mol. The number of nitrogens with two attached hydrogens (primary N) is 1. The van der Waals surface area contributed by atoms with E-state index in [4.69, 9.17) is 5.73 Å². The van der Waals surface area contributed by atoms with Gasteiger partial charge in [-0.3, -0.25) is 9.59 Å². The Labute approximate surface area is 119 Å². The molecule has 1 unspecified atom stereocenters. The van der Waals surface area contributed by atoms with E-state index in [1.807, 2.05) is 13.8 Å². The minimum absolute atomic E-state index is 0.0613. The van der Waals surface area contributed by atoms with E-state index < -0.39 is 5.41 Å². The summed E-state index contributed by atoms with van der Waals surface area (Å²) in [5.74, 6) is -0.171. The highest BCUT2D eigenvalue weighted by atomic mass is 16.2. The van der Waals surface area contributed by atoms with Gasteiger partial charge in [-0.2, -0.15) is 0 Å². The molecule has 0 spiro atoms. The van der Waals surface area contributed by atoms with Gasteiger partial charge in [-0.15, -0.1) is 0 Å². The Morgan fingerprint density at radius 2 is 1.80 bits per heavy atom. The third-order valence-electron chi connectivity index (χ3n) is 3.50. The second-order valence-electron chi connectivity index (χ2n) is 5.05. The van der Waals surface area contributed by atoms with Gasteiger partial charge < -0.3 is 16.4 Å². The Kier molecular flexibility index (Phi) is 5.70. The third-order valence-corrected chi connectivity index (χ3v) is 3.50. The number of amides is 2. The molecular weight excluding hydrogens is 254 g/mol. The maximum absolute atomic E-state index is 12.2. The summed E-state index contributed by atoms with van der Waals surface area (Å²) >= 11 is 0. The number of anilines is 2. The molecular formula is C15H23N3O2. The number of carbonyl (C=O) groups is 2. The van der Waals surface area contributed by atoms with Gasteiger partial charge in [0.1, 0.15) is 0 Å². The molecule has 0 saturated carbocycles. The highest BCUT2D eigenvalue weighted by molar-refractivity contribution is 5.96. The largest absolute Gasteiger partial charge is 0.329 e. The third kappa shape index (κ3) is 4.06. The summed E-state index contributed by atoms with van der Waals surface area (Å²) in [7, 11) is 0. The summed E-state index contributed by atoms with van der Waals surface area (Å²) in [6, 6.07) is 7.09. The molecule has 0 radical (unpaired) electrons. The Hall–Kier alpha value is -1.88. The van der Waals surface area contributed by atoms with Crippen molar-refractivity contribution < 1.29 is 9.59 Å². The zero-order valence-electron chi connectivity index (χ0n) is 12.3. The van der Waals surface area contributed by atoms with Crippen molar-refractivity contribution in [3.05, 3.63) is 24.3 Å². The summed E-state index contributed by atoms with van der Waals surface area (Å²) in [6.45, 7) is 5.85. The first-order valence-electron chi connectivity index (χ1n) is 6.86. The number of nitrogens with one attached hydrogen (secondary N) is 2. The predicted octanol–water partition coefficient (Wildman–Crippen LogP) is 2.35. The van der Waals surface area contributed by atoms with Gasteiger partial charge in [-0.05, 0) is 31.5 Å². The van der Waals surface area contributed by atoms with Crippen molar-refractivity contribution in [3.8, 4) is 0 Å². The van der Waals surface area contributed by atoms with Crippen molar-refractivity contribution in [2.24, 2.45) is 11.1 Å². The second kappa shape index (κ2) is 7.05. The molecule has 0 aromatic heterocycles. The van der Waals surface area contributed by atoms with Crippen LogP contribution in [0, 0.1) is 5.41 Å². The quantitative estimate of drug-likeness (QED) is 0.746. The molecule has 0 aliphatic rings. The van der Waals surface area contributed by atoms with E-state index in [0.29, 0.717) is 30.8 Å². The van der Waals surface area contributed by atoms with E-state index >= 15 is 0 Å². The van der Waals surface area contributed by atoms with Gasteiger partial charge in [0, 0.05) is 24.3 Å². The molecule has 1 atom stereocenters. The second-order valence-corrected chi connectivity index (χ2v) is 5.05. The smallest absolute Gasteiger partial charge is 0.231 e. The van der Waals surface area contributed by atoms with Crippen LogP contribution in [0.2, 0.25) is 0 Å². The molecule has 0 heterocycles. The van der Waals surface area contributed by atoms with Crippen LogP contribution < -0.4 is 16.4 Å². The SMILES string of the molecule is CCC(=O)Nc1cccc(NC(=O)C(C)(CC)CN)c1. The molecule has 5 nitrogen and oxygen atoms in total. The maximum atomic E-state index is 12.2. The molecule has 2 amide bonds. The summed E-state index contributed by atoms with van der Waals surface area (Å²) in [4.78, 5) is 23.6. The van der Waals surface area contributed by atoms with E-state index in [2.05, 4.69) is 10.6 Å². The van der Waals surface area contributed by atoms with Gasteiger partial charge in [0.15, 0.2) is 0 Å². The molecule has 0 saturated heterocycles. The summed E-state index contributed by atoms with van der Waals surface area (Å²) in [5, 5.41) is 5.60. The van der Waals surface area contributed by atoms with Gasteiger partial charge in [0.25, 0.3) is 0 Å². The monoisotopic (exact) mass is 277 g/mol. The zero-order valence-corrected chi connectivity index (χ0v) is 12.3. The maximum Gasteiger partial charge on any atom is 0.231 e. The molecule has 1 aromatic carbocycles. The standard InChI is InChI=1S/C15H23N3O2/c1-4-13(19)17-11-7-6-8-12(9-11)18-14(20)15(3,5-2)10-16/h6-9H,4-5,10,16H2,1-3H3,(H,17,19)(H,18,20). The number of carbonyl (C=O) groups excluding carboxylic acids is 2. The van der Waals surface area contributed by atoms with Crippen molar-refractivity contribution in [1.29, 1.82) is 0 Å². The van der Waals surface area contributed by atoms with Crippen molar-refractivity contribution in [1.82, 2.24) is 0 Å². The number of rotatable bonds is 6. The minimum Gasteiger partial charge on any atom is -0.329 e. The lowest BCUT2D eigenvalue weighted by molar-refractivity contribution is -0.124. The highest BCUT2D eigenvalue weighted by Gasteiger charge is 2.29. The predicted molar refractivity (Wildman–Crippen MR) is 81.4 cm³/mol. The van der Waals surface area contributed by atoms with Crippen molar-refractivity contribution in [2.45, 2.75) is 33.6 Å². The van der Waals surface area contributed by atoms with Crippen LogP contribution in [0.3, 0.4) is 0 Å². The van der Waals surface area contributed by atoms with Crippen LogP contribution in [-0.2, 0) is 9.59 Å². The number of hydrogen-bond donors (Lipinski definition) is 3. The van der Waals surface area contributed by atoms with E-state index in [9.17, 15) is 9.59 Å². The normalized spacial score (nSPS) is 13.4. The molecule has 0 bridgehead atoms. The first kappa shape index (κ1) is 16.2. The van der Waals surface area contributed by atoms with Gasteiger partial charge >= 0.3 is 0 Å². The first-order valence-corrected chi connectivity index (χ1v) is 6.86. The van der Waals surface area contributed by atoms with E-state index in [1.54, 1.807) is 31.2 Å². The van der Waals surface area contributed by atoms with Gasteiger partial charge in [0.2, 0.25) is 11.8 Å².